The van der Waals surface area contributed by atoms with Crippen molar-refractivity contribution in [2.24, 2.45) is 10.8 Å². The Bertz CT molecular complexity index is 1480. The lowest BCUT2D eigenvalue weighted by Gasteiger charge is -2.33. The molecule has 30 nitrogen and oxygen atoms in total. The van der Waals surface area contributed by atoms with Crippen LogP contribution in [0.5, 0.6) is 0 Å². The molecule has 32 heteroatoms. The number of aliphatic hydroxyl groups excluding tert-OH is 2. The minimum atomic E-state index is -2.60. The van der Waals surface area contributed by atoms with Crippen molar-refractivity contribution in [1.29, 1.82) is 0 Å². The fraction of sp³-hybridized carbons (Fsp3) is 1.00. The van der Waals surface area contributed by atoms with Gasteiger partial charge in [-0.2, -0.15) is 0 Å². The smallest absolute Gasteiger partial charge is 0.394 e. The maximum atomic E-state index is 10.1. The molecule has 1 aliphatic heterocycles. The predicted molar refractivity (Wildman–Crippen MR) is 546 cm³/mol. The van der Waals surface area contributed by atoms with E-state index in [4.69, 9.17) is 136 Å². The molecule has 1 rings (SSSR count). The molecule has 124 heavy (non-hydrogen) atoms. The van der Waals surface area contributed by atoms with E-state index in [-0.39, 0.29) is 213 Å². The van der Waals surface area contributed by atoms with Crippen LogP contribution in [0.15, 0.2) is 0 Å². The third-order valence-corrected chi connectivity index (χ3v) is 19.5. The Kier molecular flexibility index (Phi) is 256. The van der Waals surface area contributed by atoms with E-state index in [0.29, 0.717) is 256 Å². The average molecular weight is 1890 g/mol. The monoisotopic (exact) mass is 1890 g/mol. The summed E-state index contributed by atoms with van der Waals surface area (Å²) in [6.45, 7) is 27.7. The highest BCUT2D eigenvalue weighted by atomic mass is 28.4. The molecule has 2 atom stereocenters. The average Bonchev–Trinajstić information content (AvgIpc) is 1.04. The first-order chi connectivity index (χ1) is 48.0. The highest BCUT2D eigenvalue weighted by Crippen LogP contribution is 2.23. The molecule has 0 saturated carbocycles. The Morgan fingerprint density at radius 2 is 0.444 bits per heavy atom. The number of hydrogen-bond donors (Lipinski definition) is 2. The van der Waals surface area contributed by atoms with E-state index in [1.54, 1.807) is 56.9 Å². The quantitative estimate of drug-likeness (QED) is 0.0325. The molecule has 0 aromatic carbocycles. The number of hydrogen-bond acceptors (Lipinski definition) is 30. The third-order valence-electron chi connectivity index (χ3n) is 13.8. The lowest BCUT2D eigenvalue weighted by Crippen LogP contribution is -2.43. The largest absolute Gasteiger partial charge is 0.500 e. The second-order valence-electron chi connectivity index (χ2n) is 22.7. The second-order valence-corrected chi connectivity index (χ2v) is 28.8. The van der Waals surface area contributed by atoms with Crippen molar-refractivity contribution in [3.05, 3.63) is 0 Å². The molecule has 2 unspecified atom stereocenters. The second kappa shape index (κ2) is 156. The number of methoxy groups -OCH3 is 2. The maximum absolute atomic E-state index is 10.1. The molecule has 0 aliphatic carbocycles. The highest BCUT2D eigenvalue weighted by Gasteiger charge is 2.38. The van der Waals surface area contributed by atoms with Gasteiger partial charge in [0.15, 0.2) is 0 Å². The van der Waals surface area contributed by atoms with Gasteiger partial charge < -0.3 is 141 Å². The van der Waals surface area contributed by atoms with Crippen molar-refractivity contribution in [2.45, 2.75) is 284 Å². The Balaban J connectivity index is -0.0000000423. The summed E-state index contributed by atoms with van der Waals surface area (Å²) < 4.78 is 156. The van der Waals surface area contributed by atoms with Crippen molar-refractivity contribution in [3.8, 4) is 0 Å². The molecule has 0 bridgehead atoms. The molecule has 1 heterocycles. The van der Waals surface area contributed by atoms with Crippen LogP contribution in [0.2, 0.25) is 12.1 Å². The van der Waals surface area contributed by atoms with Crippen molar-refractivity contribution < 1.29 is 141 Å². The minimum Gasteiger partial charge on any atom is -0.394 e. The van der Waals surface area contributed by atoms with Crippen molar-refractivity contribution in [3.63, 3.8) is 0 Å². The summed E-state index contributed by atoms with van der Waals surface area (Å²) in [4.78, 5) is 0. The van der Waals surface area contributed by atoms with Crippen molar-refractivity contribution in [2.75, 3.05) is 334 Å². The van der Waals surface area contributed by atoms with Crippen LogP contribution in [-0.2, 0) is 131 Å². The van der Waals surface area contributed by atoms with Gasteiger partial charge in [0.05, 0.1) is 249 Å². The topological polar surface area (TPSA) is 302 Å². The number of aliphatic hydroxyl groups is 2. The molecule has 0 aromatic rings. The molecule has 2 N–H and O–H groups in total. The molecule has 0 amide bonds. The summed E-state index contributed by atoms with van der Waals surface area (Å²) in [5, 5.41) is 19.0. The van der Waals surface area contributed by atoms with Crippen LogP contribution in [-0.4, -0.2) is 374 Å². The lowest BCUT2D eigenvalue weighted by molar-refractivity contribution is -0.122. The van der Waals surface area contributed by atoms with Crippen LogP contribution in [0.3, 0.4) is 0 Å². The van der Waals surface area contributed by atoms with E-state index in [1.165, 1.54) is 0 Å². The zero-order valence-electron chi connectivity index (χ0n) is 62.8. The molecule has 1 aliphatic rings. The van der Waals surface area contributed by atoms with Crippen molar-refractivity contribution >= 4 is 17.6 Å². The zero-order valence-corrected chi connectivity index (χ0v) is 64.8. The molecular formula is C92H244O30Si2. The van der Waals surface area contributed by atoms with Gasteiger partial charge >= 0.3 is 17.6 Å². The van der Waals surface area contributed by atoms with E-state index in [1.807, 2.05) is 0 Å². The summed E-state index contributed by atoms with van der Waals surface area (Å²) in [7, 11) is 7.90. The molecule has 0 aromatic heterocycles. The molecule has 0 spiro atoms. The Morgan fingerprint density at radius 3 is 0.645 bits per heavy atom. The first kappa shape index (κ1) is 203. The molecular weight excluding hydrogens is 1640 g/mol. The summed E-state index contributed by atoms with van der Waals surface area (Å²) in [5.41, 5.74) is -1.05. The van der Waals surface area contributed by atoms with Gasteiger partial charge in [-0.25, -0.2) is 0 Å². The summed E-state index contributed by atoms with van der Waals surface area (Å²) >= 11 is 0. The molecule has 800 valence electrons. The molecule has 1 fully saturated rings. The van der Waals surface area contributed by atoms with Gasteiger partial charge in [-0.15, -0.1) is 0 Å². The van der Waals surface area contributed by atoms with Gasteiger partial charge in [-0.3, -0.25) is 0 Å². The van der Waals surface area contributed by atoms with Crippen molar-refractivity contribution in [1.82, 2.24) is 0 Å². The first-order valence-electron chi connectivity index (χ1n) is 35.1. The van der Waals surface area contributed by atoms with Gasteiger partial charge in [0.25, 0.3) is 0 Å². The Morgan fingerprint density at radius 1 is 0.258 bits per heavy atom. The van der Waals surface area contributed by atoms with E-state index in [2.05, 4.69) is 27.7 Å². The standard InChI is InChI=1S/C33H70O15Si.C24H50O10.C9H20O5Si.26CH4/c1-7-10-39-16-21-45-28-33(29-46-22-17-40-11-8-2,30-47-23-18-41-14-13-35-3)31-48-24-19-42-15-20-44-27-32(34)26-43-12-9-25-49(36-4,37-5)38-6;1-4-7-27-12-16-31-20-24(21-32-17-13-28-8-5-2,22-33-18-14-29-9-6-25)23-34-19-15-30-11-10-26-3;1-10-15(11-2,12-3)6-4-5-13-7-9-8-14-9;;;;;;;;;;;;;;;;;;;;;;;;;;/h32,34H,7-31H2,1-6H3;25H,4-23H2,1-3H3;9H,4-8H2,1-3H3;26*1H4. The summed E-state index contributed by atoms with van der Waals surface area (Å²) in [6.07, 6.45) is 5.06. The Labute approximate surface area is 783 Å². The molecule has 1 saturated heterocycles. The number of ether oxygens (including phenoxy) is 22. The number of rotatable bonds is 79. The van der Waals surface area contributed by atoms with Gasteiger partial charge in [0, 0.05) is 109 Å². The van der Waals surface area contributed by atoms with Crippen LogP contribution < -0.4 is 0 Å². The number of epoxide rings is 1. The van der Waals surface area contributed by atoms with Crippen LogP contribution >= 0.6 is 0 Å². The minimum absolute atomic E-state index is 0. The van der Waals surface area contributed by atoms with Crippen LogP contribution in [0.25, 0.3) is 0 Å². The zero-order chi connectivity index (χ0) is 72.3. The van der Waals surface area contributed by atoms with Crippen LogP contribution in [0.4, 0.5) is 0 Å². The summed E-state index contributed by atoms with van der Waals surface area (Å²) in [6, 6.07) is 1.41. The fourth-order valence-electron chi connectivity index (χ4n) is 8.37. The summed E-state index contributed by atoms with van der Waals surface area (Å²) in [5.74, 6) is 0. The van der Waals surface area contributed by atoms with Gasteiger partial charge in [-0.05, 0) is 38.5 Å². The van der Waals surface area contributed by atoms with Crippen LogP contribution in [0, 0.1) is 10.8 Å². The highest BCUT2D eigenvalue weighted by molar-refractivity contribution is 6.60. The van der Waals surface area contributed by atoms with Gasteiger partial charge in [0.2, 0.25) is 0 Å². The SMILES string of the molecule is C.C.C.C.C.C.C.C.C.C.C.C.C.C.C.C.C.C.C.C.C.C.C.C.C.C.CCCOCCOCC(COCCOCCC)(COCCOCCO)COCCOCCOC.CCCOCCOCC(COCCOCCC)(COCCOCCOC)COCCOCCOCC(O)COCCC[Si](OC)(OC)OC.CO[Si](CCCOCC1CO1)(OC)OC. The van der Waals surface area contributed by atoms with E-state index < -0.39 is 34.5 Å². The maximum Gasteiger partial charge on any atom is 0.500 e. The molecule has 0 radical (unpaired) electrons. The normalized spacial score (nSPS) is 10.9. The van der Waals surface area contributed by atoms with E-state index >= 15 is 0 Å². The van der Waals surface area contributed by atoms with Crippen LogP contribution in [0.1, 0.15) is 259 Å². The van der Waals surface area contributed by atoms with Gasteiger partial charge in [0.1, 0.15) is 12.2 Å². The Hall–Kier alpha value is -0.766. The lowest BCUT2D eigenvalue weighted by atomic mass is 9.92. The third kappa shape index (κ3) is 130. The van der Waals surface area contributed by atoms with E-state index in [9.17, 15) is 5.11 Å². The van der Waals surface area contributed by atoms with Gasteiger partial charge in [-0.1, -0.05) is 221 Å². The van der Waals surface area contributed by atoms with E-state index in [0.717, 1.165) is 58.0 Å². The predicted octanol–water partition coefficient (Wildman–Crippen LogP) is 21.0. The fourth-order valence-corrected chi connectivity index (χ4v) is 11.8. The first-order valence-corrected chi connectivity index (χ1v) is 39.0.